The van der Waals surface area contributed by atoms with Crippen LogP contribution in [0.1, 0.15) is 33.1 Å². The van der Waals surface area contributed by atoms with E-state index in [1.165, 1.54) is 0 Å². The molecule has 0 spiro atoms. The molecule has 0 amide bonds. The molecule has 0 radical (unpaired) electrons. The summed E-state index contributed by atoms with van der Waals surface area (Å²) in [5, 5.41) is 12.0. The van der Waals surface area contributed by atoms with E-state index in [1.807, 2.05) is 13.8 Å². The number of hydrogen-bond donors (Lipinski definition) is 1. The van der Waals surface area contributed by atoms with Gasteiger partial charge in [-0.05, 0) is 33.2 Å². The monoisotopic (exact) mass is 230 g/mol. The molecular formula is C11H22N2OS. The largest absolute Gasteiger partial charge is 0.316 e. The normalized spacial score (nSPS) is 13.5. The van der Waals surface area contributed by atoms with Crippen LogP contribution in [0.4, 0.5) is 0 Å². The summed E-state index contributed by atoms with van der Waals surface area (Å²) in [6.45, 7) is 5.73. The molecule has 0 aromatic heterocycles. The van der Waals surface area contributed by atoms with Crippen molar-refractivity contribution in [2.75, 3.05) is 25.1 Å². The van der Waals surface area contributed by atoms with Gasteiger partial charge in [0.05, 0.1) is 11.5 Å². The summed E-state index contributed by atoms with van der Waals surface area (Å²) in [5.41, 5.74) is -0.190. The molecule has 4 heteroatoms. The Morgan fingerprint density at radius 3 is 2.53 bits per heavy atom. The predicted octanol–water partition coefficient (Wildman–Crippen LogP) is 1.67. The summed E-state index contributed by atoms with van der Waals surface area (Å²) >= 11 is 0. The van der Waals surface area contributed by atoms with Gasteiger partial charge in [0.2, 0.25) is 0 Å². The number of rotatable bonds is 8. The van der Waals surface area contributed by atoms with Crippen LogP contribution in [0, 0.1) is 16.7 Å². The maximum Gasteiger partial charge on any atom is 0.0683 e. The standard InChI is InChI=1S/C11H22N2OS/c1-11(2,10-12)6-4-5-7-13-8-9-15(3)14/h13H,4-9H2,1-3H3. The quantitative estimate of drug-likeness (QED) is 0.645. The summed E-state index contributed by atoms with van der Waals surface area (Å²) in [5.74, 6) is 0.726. The van der Waals surface area contributed by atoms with Gasteiger partial charge in [0.25, 0.3) is 0 Å². The Kier molecular flexibility index (Phi) is 7.63. The van der Waals surface area contributed by atoms with E-state index in [2.05, 4.69) is 11.4 Å². The van der Waals surface area contributed by atoms with Crippen molar-refractivity contribution in [1.29, 1.82) is 5.26 Å². The van der Waals surface area contributed by atoms with E-state index in [4.69, 9.17) is 5.26 Å². The van der Waals surface area contributed by atoms with Crippen LogP contribution in [-0.4, -0.2) is 29.3 Å². The number of unbranched alkanes of at least 4 members (excludes halogenated alkanes) is 1. The number of nitriles is 1. The Hall–Kier alpha value is -0.400. The average molecular weight is 230 g/mol. The SMILES string of the molecule is CS(=O)CCNCCCCC(C)(C)C#N. The van der Waals surface area contributed by atoms with Crippen LogP contribution in [0.25, 0.3) is 0 Å². The molecule has 0 rings (SSSR count). The second-order valence-corrected chi connectivity index (χ2v) is 6.03. The van der Waals surface area contributed by atoms with Crippen molar-refractivity contribution >= 4 is 10.8 Å². The molecule has 1 unspecified atom stereocenters. The summed E-state index contributed by atoms with van der Waals surface area (Å²) in [4.78, 5) is 0. The Bertz CT molecular complexity index is 233. The van der Waals surface area contributed by atoms with Crippen LogP contribution in [0.2, 0.25) is 0 Å². The van der Waals surface area contributed by atoms with Gasteiger partial charge in [-0.2, -0.15) is 5.26 Å². The van der Waals surface area contributed by atoms with Crippen LogP contribution in [-0.2, 0) is 10.8 Å². The van der Waals surface area contributed by atoms with Gasteiger partial charge in [0.1, 0.15) is 0 Å². The minimum absolute atomic E-state index is 0.190. The van der Waals surface area contributed by atoms with Crippen LogP contribution >= 0.6 is 0 Å². The fourth-order valence-electron chi connectivity index (χ4n) is 1.21. The van der Waals surface area contributed by atoms with Crippen molar-refractivity contribution in [1.82, 2.24) is 5.32 Å². The molecule has 15 heavy (non-hydrogen) atoms. The van der Waals surface area contributed by atoms with Gasteiger partial charge >= 0.3 is 0 Å². The smallest absolute Gasteiger partial charge is 0.0683 e. The molecular weight excluding hydrogens is 208 g/mol. The van der Waals surface area contributed by atoms with Crippen LogP contribution < -0.4 is 5.32 Å². The predicted molar refractivity (Wildman–Crippen MR) is 65.0 cm³/mol. The van der Waals surface area contributed by atoms with Gasteiger partial charge in [-0.3, -0.25) is 4.21 Å². The van der Waals surface area contributed by atoms with Crippen molar-refractivity contribution in [3.05, 3.63) is 0 Å². The van der Waals surface area contributed by atoms with E-state index in [0.717, 1.165) is 38.1 Å². The number of hydrogen-bond acceptors (Lipinski definition) is 3. The lowest BCUT2D eigenvalue weighted by Gasteiger charge is -2.14. The van der Waals surface area contributed by atoms with Crippen LogP contribution in [0.3, 0.4) is 0 Å². The fraction of sp³-hybridized carbons (Fsp3) is 0.909. The molecule has 0 aromatic carbocycles. The lowest BCUT2D eigenvalue weighted by atomic mass is 9.89. The van der Waals surface area contributed by atoms with Gasteiger partial charge < -0.3 is 5.32 Å². The Balaban J connectivity index is 3.26. The first-order valence-corrected chi connectivity index (χ1v) is 7.13. The van der Waals surface area contributed by atoms with E-state index in [9.17, 15) is 4.21 Å². The highest BCUT2D eigenvalue weighted by molar-refractivity contribution is 7.84. The lowest BCUT2D eigenvalue weighted by molar-refractivity contribution is 0.423. The fourth-order valence-corrected chi connectivity index (χ4v) is 1.65. The highest BCUT2D eigenvalue weighted by Gasteiger charge is 2.14. The van der Waals surface area contributed by atoms with Crippen molar-refractivity contribution in [3.8, 4) is 6.07 Å². The first-order chi connectivity index (χ1) is 6.98. The molecule has 0 saturated heterocycles. The molecule has 0 aliphatic heterocycles. The van der Waals surface area contributed by atoms with Gasteiger partial charge in [-0.15, -0.1) is 0 Å². The van der Waals surface area contributed by atoms with Crippen LogP contribution in [0.5, 0.6) is 0 Å². The number of nitrogens with zero attached hydrogens (tertiary/aromatic N) is 1. The van der Waals surface area contributed by atoms with Crippen molar-refractivity contribution < 1.29 is 4.21 Å². The Morgan fingerprint density at radius 2 is 2.00 bits per heavy atom. The minimum atomic E-state index is -0.694. The summed E-state index contributed by atoms with van der Waals surface area (Å²) in [6.07, 6.45) is 4.83. The maximum absolute atomic E-state index is 10.7. The maximum atomic E-state index is 10.7. The molecule has 0 aliphatic carbocycles. The average Bonchev–Trinajstić information content (AvgIpc) is 2.16. The molecule has 0 saturated carbocycles. The Morgan fingerprint density at radius 1 is 1.33 bits per heavy atom. The van der Waals surface area contributed by atoms with Gasteiger partial charge in [0, 0.05) is 29.4 Å². The van der Waals surface area contributed by atoms with E-state index >= 15 is 0 Å². The van der Waals surface area contributed by atoms with Crippen molar-refractivity contribution in [3.63, 3.8) is 0 Å². The summed E-state index contributed by atoms with van der Waals surface area (Å²) < 4.78 is 10.7. The molecule has 0 heterocycles. The summed E-state index contributed by atoms with van der Waals surface area (Å²) in [7, 11) is -0.694. The zero-order valence-corrected chi connectivity index (χ0v) is 10.8. The lowest BCUT2D eigenvalue weighted by Crippen LogP contribution is -2.21. The highest BCUT2D eigenvalue weighted by atomic mass is 32.2. The first kappa shape index (κ1) is 14.6. The second-order valence-electron chi connectivity index (χ2n) is 4.48. The molecule has 0 fully saturated rings. The molecule has 0 bridgehead atoms. The van der Waals surface area contributed by atoms with Crippen molar-refractivity contribution in [2.24, 2.45) is 5.41 Å². The Labute approximate surface area is 95.7 Å². The second kappa shape index (κ2) is 7.84. The zero-order chi connectivity index (χ0) is 11.7. The molecule has 1 atom stereocenters. The molecule has 0 aromatic rings. The van der Waals surface area contributed by atoms with E-state index in [0.29, 0.717) is 0 Å². The molecule has 88 valence electrons. The highest BCUT2D eigenvalue weighted by Crippen LogP contribution is 2.21. The van der Waals surface area contributed by atoms with Gasteiger partial charge in [-0.1, -0.05) is 6.42 Å². The number of nitrogens with one attached hydrogen (secondary N) is 1. The third kappa shape index (κ3) is 9.89. The zero-order valence-electron chi connectivity index (χ0n) is 10.0. The van der Waals surface area contributed by atoms with Gasteiger partial charge in [-0.25, -0.2) is 0 Å². The molecule has 3 nitrogen and oxygen atoms in total. The third-order valence-electron chi connectivity index (χ3n) is 2.27. The van der Waals surface area contributed by atoms with Crippen LogP contribution in [0.15, 0.2) is 0 Å². The minimum Gasteiger partial charge on any atom is -0.316 e. The molecule has 1 N–H and O–H groups in total. The topological polar surface area (TPSA) is 52.9 Å². The first-order valence-electron chi connectivity index (χ1n) is 5.40. The van der Waals surface area contributed by atoms with Crippen molar-refractivity contribution in [2.45, 2.75) is 33.1 Å². The third-order valence-corrected chi connectivity index (χ3v) is 3.05. The summed E-state index contributed by atoms with van der Waals surface area (Å²) in [6, 6.07) is 2.30. The van der Waals surface area contributed by atoms with E-state index in [1.54, 1.807) is 6.26 Å². The van der Waals surface area contributed by atoms with E-state index < -0.39 is 10.8 Å². The molecule has 0 aliphatic rings. The van der Waals surface area contributed by atoms with E-state index in [-0.39, 0.29) is 5.41 Å². The van der Waals surface area contributed by atoms with Gasteiger partial charge in [0.15, 0.2) is 0 Å².